The van der Waals surface area contributed by atoms with E-state index in [0.29, 0.717) is 6.54 Å². The number of thiophene rings is 1. The van der Waals surface area contributed by atoms with E-state index >= 15 is 0 Å². The van der Waals surface area contributed by atoms with E-state index in [1.807, 2.05) is 19.9 Å². The monoisotopic (exact) mass is 274 g/mol. The lowest BCUT2D eigenvalue weighted by Crippen LogP contribution is -2.48. The molecular formula is C12H19ClN2OS. The summed E-state index contributed by atoms with van der Waals surface area (Å²) in [5.74, 6) is 0.00912. The zero-order valence-corrected chi connectivity index (χ0v) is 11.8. The van der Waals surface area contributed by atoms with Gasteiger partial charge in [-0.25, -0.2) is 0 Å². The minimum atomic E-state index is -0.328. The molecular weight excluding hydrogens is 256 g/mol. The molecule has 0 aliphatic heterocycles. The molecule has 1 aliphatic rings. The van der Waals surface area contributed by atoms with Crippen molar-refractivity contribution < 1.29 is 4.79 Å². The Morgan fingerprint density at radius 2 is 2.24 bits per heavy atom. The average Bonchev–Trinajstić information content (AvgIpc) is 2.75. The van der Waals surface area contributed by atoms with Crippen molar-refractivity contribution >= 4 is 29.7 Å². The number of carbonyl (C=O) groups is 1. The topological polar surface area (TPSA) is 55.1 Å². The normalized spacial score (nSPS) is 14.1. The van der Waals surface area contributed by atoms with Gasteiger partial charge in [0.25, 0.3) is 5.91 Å². The first-order valence-corrected chi connectivity index (χ1v) is 6.48. The first kappa shape index (κ1) is 14.5. The number of halogens is 1. The molecule has 3 nitrogen and oxygen atoms in total. The maximum absolute atomic E-state index is 12.0. The molecule has 1 aliphatic carbocycles. The summed E-state index contributed by atoms with van der Waals surface area (Å²) in [6.45, 7) is 4.32. The summed E-state index contributed by atoms with van der Waals surface area (Å²) >= 11 is 1.63. The fourth-order valence-electron chi connectivity index (χ4n) is 1.86. The van der Waals surface area contributed by atoms with E-state index in [-0.39, 0.29) is 23.9 Å². The van der Waals surface area contributed by atoms with Gasteiger partial charge in [0.1, 0.15) is 0 Å². The largest absolute Gasteiger partial charge is 0.345 e. The molecule has 0 spiro atoms. The first-order valence-electron chi connectivity index (χ1n) is 5.66. The zero-order valence-electron chi connectivity index (χ0n) is 10.2. The highest BCUT2D eigenvalue weighted by Crippen LogP contribution is 2.30. The molecule has 96 valence electrons. The van der Waals surface area contributed by atoms with Crippen molar-refractivity contribution in [3.63, 3.8) is 0 Å². The number of carbonyl (C=O) groups excluding carboxylic acids is 1. The average molecular weight is 275 g/mol. The Bertz CT molecular complexity index is 393. The minimum Gasteiger partial charge on any atom is -0.345 e. The summed E-state index contributed by atoms with van der Waals surface area (Å²) in [5.41, 5.74) is 6.63. The van der Waals surface area contributed by atoms with E-state index in [2.05, 4.69) is 5.32 Å². The summed E-state index contributed by atoms with van der Waals surface area (Å²) in [6, 6.07) is 2.04. The second kappa shape index (κ2) is 5.38. The highest BCUT2D eigenvalue weighted by atomic mass is 35.5. The highest BCUT2D eigenvalue weighted by Gasteiger charge is 2.23. The van der Waals surface area contributed by atoms with Gasteiger partial charge in [0.05, 0.1) is 4.88 Å². The van der Waals surface area contributed by atoms with Gasteiger partial charge in [-0.3, -0.25) is 4.79 Å². The van der Waals surface area contributed by atoms with Crippen molar-refractivity contribution in [2.75, 3.05) is 6.54 Å². The van der Waals surface area contributed by atoms with Gasteiger partial charge in [0.2, 0.25) is 0 Å². The Morgan fingerprint density at radius 3 is 2.82 bits per heavy atom. The number of fused-ring (bicyclic) bond motifs is 1. The molecule has 0 fully saturated rings. The summed E-state index contributed by atoms with van der Waals surface area (Å²) in [6.07, 6.45) is 3.49. The van der Waals surface area contributed by atoms with Gasteiger partial charge in [0.15, 0.2) is 0 Å². The molecule has 1 aromatic heterocycles. The van der Waals surface area contributed by atoms with Gasteiger partial charge in [-0.15, -0.1) is 23.7 Å². The standard InChI is InChI=1S/C12H18N2OS.ClH/c1-12(2,7-13)14-11(15)10-6-8-4-3-5-9(8)16-10;/h6H,3-5,7,13H2,1-2H3,(H,14,15);1H. The van der Waals surface area contributed by atoms with Crippen LogP contribution in [0, 0.1) is 0 Å². The van der Waals surface area contributed by atoms with E-state index in [9.17, 15) is 4.79 Å². The summed E-state index contributed by atoms with van der Waals surface area (Å²) in [5, 5.41) is 2.96. The van der Waals surface area contributed by atoms with Crippen molar-refractivity contribution in [2.24, 2.45) is 5.73 Å². The van der Waals surface area contributed by atoms with Gasteiger partial charge in [0, 0.05) is 17.0 Å². The maximum Gasteiger partial charge on any atom is 0.261 e. The van der Waals surface area contributed by atoms with Crippen LogP contribution in [0.4, 0.5) is 0 Å². The number of hydrogen-bond acceptors (Lipinski definition) is 3. The Hall–Kier alpha value is -0.580. The van der Waals surface area contributed by atoms with E-state index in [1.54, 1.807) is 11.3 Å². The number of nitrogens with two attached hydrogens (primary N) is 1. The summed E-state index contributed by atoms with van der Waals surface area (Å²) < 4.78 is 0. The third-order valence-electron chi connectivity index (χ3n) is 2.93. The molecule has 1 amide bonds. The SMILES string of the molecule is CC(C)(CN)NC(=O)c1cc2c(s1)CCC2.Cl. The van der Waals surface area contributed by atoms with Gasteiger partial charge in [-0.1, -0.05) is 0 Å². The molecule has 17 heavy (non-hydrogen) atoms. The molecule has 0 saturated heterocycles. The van der Waals surface area contributed by atoms with E-state index in [0.717, 1.165) is 17.7 Å². The maximum atomic E-state index is 12.0. The number of hydrogen-bond donors (Lipinski definition) is 2. The molecule has 2 rings (SSSR count). The molecule has 3 N–H and O–H groups in total. The van der Waals surface area contributed by atoms with Crippen molar-refractivity contribution in [3.05, 3.63) is 21.4 Å². The smallest absolute Gasteiger partial charge is 0.261 e. The lowest BCUT2D eigenvalue weighted by atomic mass is 10.1. The number of amides is 1. The van der Waals surface area contributed by atoms with Crippen LogP contribution in [0.1, 0.15) is 40.4 Å². The van der Waals surface area contributed by atoms with Crippen LogP contribution in [0.2, 0.25) is 0 Å². The summed E-state index contributed by atoms with van der Waals surface area (Å²) in [4.78, 5) is 14.2. The third kappa shape index (κ3) is 3.21. The van der Waals surface area contributed by atoms with Crippen LogP contribution in [0.15, 0.2) is 6.07 Å². The van der Waals surface area contributed by atoms with Crippen molar-refractivity contribution in [2.45, 2.75) is 38.6 Å². The Balaban J connectivity index is 0.00000144. The van der Waals surface area contributed by atoms with Crippen molar-refractivity contribution in [3.8, 4) is 0 Å². The minimum absolute atomic E-state index is 0. The fraction of sp³-hybridized carbons (Fsp3) is 0.583. The van der Waals surface area contributed by atoms with Gasteiger partial charge >= 0.3 is 0 Å². The molecule has 1 heterocycles. The number of rotatable bonds is 3. The van der Waals surface area contributed by atoms with Crippen LogP contribution in [0.3, 0.4) is 0 Å². The second-order valence-corrected chi connectivity index (χ2v) is 6.09. The van der Waals surface area contributed by atoms with Crippen LogP contribution in [0.5, 0.6) is 0 Å². The Morgan fingerprint density at radius 1 is 1.53 bits per heavy atom. The predicted molar refractivity (Wildman–Crippen MR) is 74.2 cm³/mol. The number of nitrogens with one attached hydrogen (secondary N) is 1. The van der Waals surface area contributed by atoms with Crippen LogP contribution < -0.4 is 11.1 Å². The molecule has 0 radical (unpaired) electrons. The van der Waals surface area contributed by atoms with Gasteiger partial charge in [-0.2, -0.15) is 0 Å². The molecule has 5 heteroatoms. The van der Waals surface area contributed by atoms with Crippen LogP contribution in [0.25, 0.3) is 0 Å². The van der Waals surface area contributed by atoms with Crippen LogP contribution >= 0.6 is 23.7 Å². The predicted octanol–water partition coefficient (Wildman–Crippen LogP) is 2.13. The molecule has 1 aromatic rings. The number of aryl methyl sites for hydroxylation is 2. The lowest BCUT2D eigenvalue weighted by Gasteiger charge is -2.23. The van der Waals surface area contributed by atoms with Crippen molar-refractivity contribution in [1.29, 1.82) is 0 Å². The molecule has 0 saturated carbocycles. The zero-order chi connectivity index (χ0) is 11.8. The Labute approximate surface area is 112 Å². The lowest BCUT2D eigenvalue weighted by molar-refractivity contribution is 0.0920. The molecule has 0 atom stereocenters. The molecule has 0 bridgehead atoms. The van der Waals surface area contributed by atoms with Crippen LogP contribution in [-0.2, 0) is 12.8 Å². The van der Waals surface area contributed by atoms with E-state index < -0.39 is 0 Å². The highest BCUT2D eigenvalue weighted by molar-refractivity contribution is 7.14. The van der Waals surface area contributed by atoms with Gasteiger partial charge in [-0.05, 0) is 44.7 Å². The summed E-state index contributed by atoms with van der Waals surface area (Å²) in [7, 11) is 0. The van der Waals surface area contributed by atoms with E-state index in [4.69, 9.17) is 5.73 Å². The fourth-order valence-corrected chi connectivity index (χ4v) is 3.01. The van der Waals surface area contributed by atoms with E-state index in [1.165, 1.54) is 16.9 Å². The quantitative estimate of drug-likeness (QED) is 0.887. The van der Waals surface area contributed by atoms with Crippen LogP contribution in [-0.4, -0.2) is 18.0 Å². The Kier molecular flexibility index (Phi) is 4.58. The first-order chi connectivity index (χ1) is 7.52. The van der Waals surface area contributed by atoms with Crippen molar-refractivity contribution in [1.82, 2.24) is 5.32 Å². The molecule has 0 unspecified atom stereocenters. The molecule has 0 aromatic carbocycles. The van der Waals surface area contributed by atoms with Gasteiger partial charge < -0.3 is 11.1 Å². The third-order valence-corrected chi connectivity index (χ3v) is 4.17. The second-order valence-electron chi connectivity index (χ2n) is 4.95.